The first-order chi connectivity index (χ1) is 13.5. The molecule has 1 spiro atoms. The summed E-state index contributed by atoms with van der Waals surface area (Å²) in [4.78, 5) is 40.7. The van der Waals surface area contributed by atoms with Crippen LogP contribution in [-0.4, -0.2) is 59.0 Å². The molecule has 2 amide bonds. The molecule has 1 atom stereocenters. The Morgan fingerprint density at radius 1 is 1.21 bits per heavy atom. The molecule has 2 saturated heterocycles. The molecule has 2 heterocycles. The zero-order valence-corrected chi connectivity index (χ0v) is 17.6. The second-order valence-corrected chi connectivity index (χ2v) is 9.25. The molecule has 158 valence electrons. The van der Waals surface area contributed by atoms with Gasteiger partial charge in [-0.15, -0.1) is 0 Å². The summed E-state index contributed by atoms with van der Waals surface area (Å²) >= 11 is 0. The minimum Gasteiger partial charge on any atom is -0.548 e. The Kier molecular flexibility index (Phi) is 5.72. The van der Waals surface area contributed by atoms with Crippen molar-refractivity contribution in [3.8, 4) is 0 Å². The predicted molar refractivity (Wildman–Crippen MR) is 105 cm³/mol. The third-order valence-corrected chi connectivity index (χ3v) is 5.60. The van der Waals surface area contributed by atoms with E-state index in [1.807, 2.05) is 33.8 Å². The molecule has 0 N–H and O–H groups in total. The van der Waals surface area contributed by atoms with Crippen LogP contribution in [-0.2, 0) is 14.3 Å². The van der Waals surface area contributed by atoms with Gasteiger partial charge in [0.1, 0.15) is 5.72 Å². The van der Waals surface area contributed by atoms with E-state index in [2.05, 4.69) is 0 Å². The van der Waals surface area contributed by atoms with Crippen LogP contribution in [0.1, 0.15) is 56.0 Å². The number of piperidine rings is 1. The number of aryl methyl sites for hydroxylation is 1. The van der Waals surface area contributed by atoms with E-state index < -0.39 is 17.7 Å². The lowest BCUT2D eigenvalue weighted by molar-refractivity contribution is -0.310. The van der Waals surface area contributed by atoms with Crippen LogP contribution in [0.4, 0.5) is 0 Å². The Morgan fingerprint density at radius 3 is 2.41 bits per heavy atom. The molecule has 2 aliphatic heterocycles. The molecule has 0 aromatic heterocycles. The van der Waals surface area contributed by atoms with Gasteiger partial charge in [0.15, 0.2) is 0 Å². The third kappa shape index (κ3) is 4.45. The average molecular weight is 401 g/mol. The van der Waals surface area contributed by atoms with Crippen LogP contribution in [0.3, 0.4) is 0 Å². The fourth-order valence-corrected chi connectivity index (χ4v) is 4.14. The molecule has 0 radical (unpaired) electrons. The van der Waals surface area contributed by atoms with Crippen molar-refractivity contribution in [1.82, 2.24) is 9.80 Å². The highest BCUT2D eigenvalue weighted by atomic mass is 16.5. The summed E-state index contributed by atoms with van der Waals surface area (Å²) in [5.41, 5.74) is 0.206. The summed E-state index contributed by atoms with van der Waals surface area (Å²) in [7, 11) is 0. The summed E-state index contributed by atoms with van der Waals surface area (Å²) in [5, 5.41) is 11.7. The van der Waals surface area contributed by atoms with Crippen LogP contribution in [0, 0.1) is 12.3 Å². The lowest BCUT2D eigenvalue weighted by atomic mass is 9.90. The van der Waals surface area contributed by atoms with Crippen molar-refractivity contribution in [1.29, 1.82) is 0 Å². The lowest BCUT2D eigenvalue weighted by Gasteiger charge is -2.45. The Balaban J connectivity index is 1.82. The van der Waals surface area contributed by atoms with Gasteiger partial charge in [-0.3, -0.25) is 14.5 Å². The van der Waals surface area contributed by atoms with Crippen LogP contribution in [0.2, 0.25) is 0 Å². The summed E-state index contributed by atoms with van der Waals surface area (Å²) in [6.45, 7) is 8.67. The maximum atomic E-state index is 13.3. The van der Waals surface area contributed by atoms with Crippen molar-refractivity contribution in [2.24, 2.45) is 5.41 Å². The summed E-state index contributed by atoms with van der Waals surface area (Å²) < 4.78 is 5.92. The number of benzene rings is 1. The van der Waals surface area contributed by atoms with E-state index in [4.69, 9.17) is 4.74 Å². The summed E-state index contributed by atoms with van der Waals surface area (Å²) in [6, 6.07) is 5.93. The largest absolute Gasteiger partial charge is 0.548 e. The van der Waals surface area contributed by atoms with Crippen molar-refractivity contribution in [3.63, 3.8) is 0 Å². The number of aliphatic carboxylic acids is 1. The Bertz CT molecular complexity index is 806. The van der Waals surface area contributed by atoms with Gasteiger partial charge >= 0.3 is 0 Å². The van der Waals surface area contributed by atoms with Gasteiger partial charge in [0.25, 0.3) is 5.91 Å². The van der Waals surface area contributed by atoms with Crippen LogP contribution >= 0.6 is 0 Å². The predicted octanol–water partition coefficient (Wildman–Crippen LogP) is 1.34. The van der Waals surface area contributed by atoms with Crippen LogP contribution < -0.4 is 5.11 Å². The highest BCUT2D eigenvalue weighted by molar-refractivity contribution is 5.97. The van der Waals surface area contributed by atoms with E-state index in [1.165, 1.54) is 4.90 Å². The molecule has 0 unspecified atom stereocenters. The first-order valence-corrected chi connectivity index (χ1v) is 10.1. The van der Waals surface area contributed by atoms with Crippen molar-refractivity contribution in [3.05, 3.63) is 35.4 Å². The number of hydrogen-bond acceptors (Lipinski definition) is 5. The Morgan fingerprint density at radius 2 is 1.86 bits per heavy atom. The molecule has 2 fully saturated rings. The average Bonchev–Trinajstić information content (AvgIpc) is 2.99. The maximum Gasteiger partial charge on any atom is 0.256 e. The third-order valence-electron chi connectivity index (χ3n) is 5.60. The quantitative estimate of drug-likeness (QED) is 0.762. The van der Waals surface area contributed by atoms with E-state index in [9.17, 15) is 19.5 Å². The van der Waals surface area contributed by atoms with Crippen LogP contribution in [0.5, 0.6) is 0 Å². The highest BCUT2D eigenvalue weighted by Crippen LogP contribution is 2.38. The molecule has 2 aliphatic rings. The number of nitrogens with zero attached hydrogens (tertiary/aromatic N) is 2. The first kappa shape index (κ1) is 21.3. The zero-order chi connectivity index (χ0) is 21.4. The van der Waals surface area contributed by atoms with Crippen molar-refractivity contribution < 1.29 is 24.2 Å². The normalized spacial score (nSPS) is 21.4. The molecule has 7 heteroatoms. The number of likely N-dealkylation sites (tertiary alicyclic amines) is 1. The number of carbonyl (C=O) groups excluding carboxylic acids is 3. The number of hydrogen-bond donors (Lipinski definition) is 0. The van der Waals surface area contributed by atoms with E-state index in [1.54, 1.807) is 23.1 Å². The molecule has 0 saturated carbocycles. The van der Waals surface area contributed by atoms with E-state index >= 15 is 0 Å². The minimum atomic E-state index is -1.32. The van der Waals surface area contributed by atoms with Gasteiger partial charge < -0.3 is 19.5 Å². The highest BCUT2D eigenvalue weighted by Gasteiger charge is 2.52. The second kappa shape index (κ2) is 7.78. The fourth-order valence-electron chi connectivity index (χ4n) is 4.14. The number of amides is 2. The van der Waals surface area contributed by atoms with Gasteiger partial charge in [0.05, 0.1) is 18.6 Å². The van der Waals surface area contributed by atoms with E-state index in [0.717, 1.165) is 5.56 Å². The van der Waals surface area contributed by atoms with Gasteiger partial charge in [0.2, 0.25) is 5.91 Å². The smallest absolute Gasteiger partial charge is 0.256 e. The van der Waals surface area contributed by atoms with Gasteiger partial charge in [-0.05, 0) is 24.5 Å². The summed E-state index contributed by atoms with van der Waals surface area (Å²) in [5.74, 6) is -1.64. The molecule has 1 aromatic rings. The standard InChI is InChI=1S/C22H30N2O5/c1-15-6-5-7-16(12-15)19(26)24-17(20(27)28)14-29-22(24)8-10-23(11-9-22)18(25)13-21(2,3)4/h5-7,12,17H,8-11,13-14H2,1-4H3,(H,27,28)/p-1/t17-/m0/s1. The SMILES string of the molecule is Cc1cccc(C(=O)N2[C@H](C(=O)[O-])COC23CCN(C(=O)CC(C)(C)C)CC3)c1. The molecule has 0 aliphatic carbocycles. The van der Waals surface area contributed by atoms with Gasteiger partial charge in [-0.2, -0.15) is 0 Å². The molecular weight excluding hydrogens is 372 g/mol. The molecule has 1 aromatic carbocycles. The molecule has 0 bridgehead atoms. The van der Waals surface area contributed by atoms with Crippen LogP contribution in [0.25, 0.3) is 0 Å². The summed E-state index contributed by atoms with van der Waals surface area (Å²) in [6.07, 6.45) is 1.20. The van der Waals surface area contributed by atoms with Gasteiger partial charge in [-0.25, -0.2) is 0 Å². The zero-order valence-electron chi connectivity index (χ0n) is 17.6. The Hall–Kier alpha value is -2.41. The van der Waals surface area contributed by atoms with E-state index in [-0.39, 0.29) is 23.8 Å². The second-order valence-electron chi connectivity index (χ2n) is 9.25. The number of carbonyl (C=O) groups is 3. The number of ether oxygens (including phenoxy) is 1. The molecule has 7 nitrogen and oxygen atoms in total. The molecule has 3 rings (SSSR count). The molecular formula is C22H29N2O5-. The lowest BCUT2D eigenvalue weighted by Crippen LogP contribution is -2.60. The fraction of sp³-hybridized carbons (Fsp3) is 0.591. The first-order valence-electron chi connectivity index (χ1n) is 10.1. The van der Waals surface area contributed by atoms with Crippen molar-refractivity contribution in [2.75, 3.05) is 19.7 Å². The maximum absolute atomic E-state index is 13.3. The molecule has 29 heavy (non-hydrogen) atoms. The topological polar surface area (TPSA) is 90.0 Å². The number of carboxylic acids is 1. The van der Waals surface area contributed by atoms with Crippen LogP contribution in [0.15, 0.2) is 24.3 Å². The Labute approximate surface area is 171 Å². The van der Waals surface area contributed by atoms with Gasteiger partial charge in [-0.1, -0.05) is 38.5 Å². The van der Waals surface area contributed by atoms with Crippen molar-refractivity contribution >= 4 is 17.8 Å². The number of carboxylic acid groups (broad SMARTS) is 1. The van der Waals surface area contributed by atoms with Crippen molar-refractivity contribution in [2.45, 2.75) is 58.7 Å². The minimum absolute atomic E-state index is 0.0679. The van der Waals surface area contributed by atoms with E-state index in [0.29, 0.717) is 37.9 Å². The number of rotatable bonds is 3. The monoisotopic (exact) mass is 401 g/mol. The van der Waals surface area contributed by atoms with Gasteiger partial charge in [0, 0.05) is 37.9 Å².